The van der Waals surface area contributed by atoms with Crippen LogP contribution in [0.3, 0.4) is 0 Å². The molecule has 0 saturated carbocycles. The Morgan fingerprint density at radius 2 is 1.90 bits per heavy atom. The zero-order valence-corrected chi connectivity index (χ0v) is 18.8. The summed E-state index contributed by atoms with van der Waals surface area (Å²) in [5.74, 6) is 0.288. The Hall–Kier alpha value is -2.71. The summed E-state index contributed by atoms with van der Waals surface area (Å²) >= 11 is 13.3. The molecular weight excluding hydrogens is 455 g/mol. The molecule has 0 aliphatic carbocycles. The van der Waals surface area contributed by atoms with E-state index in [1.165, 1.54) is 11.3 Å². The minimum atomic E-state index is -0.216. The number of fused-ring (bicyclic) bond motifs is 1. The Balaban J connectivity index is 1.45. The summed E-state index contributed by atoms with van der Waals surface area (Å²) in [6, 6.07) is 16.6. The number of amides is 1. The Labute approximate surface area is 192 Å². The van der Waals surface area contributed by atoms with E-state index in [0.717, 1.165) is 10.4 Å². The molecule has 0 unspecified atom stereocenters. The van der Waals surface area contributed by atoms with E-state index in [9.17, 15) is 9.59 Å². The molecule has 2 aromatic carbocycles. The van der Waals surface area contributed by atoms with Crippen LogP contribution in [0.5, 0.6) is 0 Å². The van der Waals surface area contributed by atoms with Gasteiger partial charge in [0.1, 0.15) is 10.7 Å². The van der Waals surface area contributed by atoms with Gasteiger partial charge in [-0.05, 0) is 36.9 Å². The lowest BCUT2D eigenvalue weighted by molar-refractivity contribution is -0.117. The van der Waals surface area contributed by atoms with Crippen LogP contribution in [0.1, 0.15) is 5.82 Å². The van der Waals surface area contributed by atoms with Crippen molar-refractivity contribution in [1.29, 1.82) is 0 Å². The molecule has 0 aliphatic heterocycles. The van der Waals surface area contributed by atoms with Crippen molar-refractivity contribution in [2.24, 2.45) is 0 Å². The number of rotatable bonds is 6. The Bertz CT molecular complexity index is 1300. The maximum absolute atomic E-state index is 12.5. The van der Waals surface area contributed by atoms with Crippen LogP contribution in [0.25, 0.3) is 20.7 Å². The number of aromatic amines is 1. The summed E-state index contributed by atoms with van der Waals surface area (Å²) in [4.78, 5) is 35.7. The van der Waals surface area contributed by atoms with Gasteiger partial charge in [0, 0.05) is 10.6 Å². The third-order valence-corrected chi connectivity index (χ3v) is 6.36. The molecular formula is C22H18Cl2N4O2S. The van der Waals surface area contributed by atoms with Crippen LogP contribution >= 0.6 is 34.5 Å². The molecule has 0 fully saturated rings. The van der Waals surface area contributed by atoms with Gasteiger partial charge in [-0.3, -0.25) is 14.5 Å². The second kappa shape index (κ2) is 9.20. The average molecular weight is 473 g/mol. The lowest BCUT2D eigenvalue weighted by atomic mass is 10.2. The highest BCUT2D eigenvalue weighted by atomic mass is 35.5. The van der Waals surface area contributed by atoms with Crippen LogP contribution in [0.2, 0.25) is 10.0 Å². The zero-order valence-electron chi connectivity index (χ0n) is 16.5. The normalized spacial score (nSPS) is 11.2. The van der Waals surface area contributed by atoms with Gasteiger partial charge in [0.25, 0.3) is 5.56 Å². The smallest absolute Gasteiger partial charge is 0.259 e. The second-order valence-corrected chi connectivity index (χ2v) is 8.90. The average Bonchev–Trinajstić information content (AvgIpc) is 3.16. The quantitative estimate of drug-likeness (QED) is 0.412. The highest BCUT2D eigenvalue weighted by Gasteiger charge is 2.13. The number of nitrogens with one attached hydrogen (secondary N) is 2. The standard InChI is InChI=1S/C22H18Cl2N4O2S/c1-28(12-20(29)25-14-7-8-16(23)17(24)9-14)11-19-26-21(30)15-10-18(31-22(15)27-19)13-5-3-2-4-6-13/h2-10H,11-12H2,1H3,(H,25,29)(H,26,27,30). The first-order valence-electron chi connectivity index (χ1n) is 9.40. The monoisotopic (exact) mass is 472 g/mol. The molecule has 2 heterocycles. The summed E-state index contributed by atoms with van der Waals surface area (Å²) in [5, 5.41) is 4.13. The molecule has 0 saturated heterocycles. The number of nitrogens with zero attached hydrogens (tertiary/aromatic N) is 2. The van der Waals surface area contributed by atoms with Gasteiger partial charge in [0.05, 0.1) is 28.5 Å². The molecule has 0 bridgehead atoms. The maximum Gasteiger partial charge on any atom is 0.259 e. The van der Waals surface area contributed by atoms with Crippen molar-refractivity contribution in [3.8, 4) is 10.4 Å². The molecule has 1 amide bonds. The molecule has 2 aromatic heterocycles. The van der Waals surface area contributed by atoms with E-state index in [-0.39, 0.29) is 18.0 Å². The summed E-state index contributed by atoms with van der Waals surface area (Å²) in [7, 11) is 1.78. The Morgan fingerprint density at radius 1 is 1.13 bits per heavy atom. The summed E-state index contributed by atoms with van der Waals surface area (Å²) in [6.07, 6.45) is 0. The Kier molecular flexibility index (Phi) is 6.38. The highest BCUT2D eigenvalue weighted by Crippen LogP contribution is 2.30. The first-order valence-corrected chi connectivity index (χ1v) is 11.0. The first kappa shape index (κ1) is 21.5. The van der Waals surface area contributed by atoms with Gasteiger partial charge in [-0.1, -0.05) is 53.5 Å². The number of halogens is 2. The van der Waals surface area contributed by atoms with Crippen LogP contribution in [-0.4, -0.2) is 34.4 Å². The second-order valence-electron chi connectivity index (χ2n) is 7.06. The zero-order chi connectivity index (χ0) is 22.0. The van der Waals surface area contributed by atoms with E-state index in [1.807, 2.05) is 36.4 Å². The molecule has 4 aromatic rings. The lowest BCUT2D eigenvalue weighted by Crippen LogP contribution is -2.31. The van der Waals surface area contributed by atoms with Crippen molar-refractivity contribution in [2.45, 2.75) is 6.54 Å². The van der Waals surface area contributed by atoms with Crippen molar-refractivity contribution in [3.05, 3.63) is 80.8 Å². The fraction of sp³-hybridized carbons (Fsp3) is 0.136. The molecule has 9 heteroatoms. The van der Waals surface area contributed by atoms with Crippen molar-refractivity contribution in [2.75, 3.05) is 18.9 Å². The van der Waals surface area contributed by atoms with Gasteiger partial charge >= 0.3 is 0 Å². The summed E-state index contributed by atoms with van der Waals surface area (Å²) in [6.45, 7) is 0.431. The van der Waals surface area contributed by atoms with Crippen molar-refractivity contribution in [1.82, 2.24) is 14.9 Å². The molecule has 0 atom stereocenters. The maximum atomic E-state index is 12.5. The third-order valence-electron chi connectivity index (χ3n) is 4.55. The molecule has 4 rings (SSSR count). The number of aromatic nitrogens is 2. The lowest BCUT2D eigenvalue weighted by Gasteiger charge is -2.15. The van der Waals surface area contributed by atoms with Gasteiger partial charge in [0.2, 0.25) is 5.91 Å². The predicted molar refractivity (Wildman–Crippen MR) is 127 cm³/mol. The van der Waals surface area contributed by atoms with E-state index in [0.29, 0.717) is 38.3 Å². The predicted octanol–water partition coefficient (Wildman–Crippen LogP) is 5.03. The van der Waals surface area contributed by atoms with E-state index in [2.05, 4.69) is 15.3 Å². The van der Waals surface area contributed by atoms with Gasteiger partial charge < -0.3 is 10.3 Å². The van der Waals surface area contributed by atoms with Gasteiger partial charge in [0.15, 0.2) is 0 Å². The van der Waals surface area contributed by atoms with Crippen LogP contribution in [-0.2, 0) is 11.3 Å². The first-order chi connectivity index (χ1) is 14.9. The van der Waals surface area contributed by atoms with Crippen molar-refractivity contribution >= 4 is 56.3 Å². The van der Waals surface area contributed by atoms with Gasteiger partial charge in [-0.2, -0.15) is 0 Å². The van der Waals surface area contributed by atoms with Gasteiger partial charge in [-0.25, -0.2) is 4.98 Å². The fourth-order valence-corrected chi connectivity index (χ4v) is 4.48. The Morgan fingerprint density at radius 3 is 2.65 bits per heavy atom. The largest absolute Gasteiger partial charge is 0.325 e. The topological polar surface area (TPSA) is 78.1 Å². The summed E-state index contributed by atoms with van der Waals surface area (Å²) < 4.78 is 0. The molecule has 158 valence electrons. The minimum absolute atomic E-state index is 0.113. The van der Waals surface area contributed by atoms with Crippen molar-refractivity contribution < 1.29 is 4.79 Å². The molecule has 2 N–H and O–H groups in total. The van der Waals surface area contributed by atoms with E-state index in [4.69, 9.17) is 23.2 Å². The molecule has 0 radical (unpaired) electrons. The van der Waals surface area contributed by atoms with Crippen LogP contribution in [0, 0.1) is 0 Å². The molecule has 0 spiro atoms. The highest BCUT2D eigenvalue weighted by molar-refractivity contribution is 7.21. The van der Waals surface area contributed by atoms with Crippen molar-refractivity contribution in [3.63, 3.8) is 0 Å². The number of carbonyl (C=O) groups is 1. The van der Waals surface area contributed by atoms with E-state index < -0.39 is 0 Å². The number of anilines is 1. The molecule has 6 nitrogen and oxygen atoms in total. The number of likely N-dealkylation sites (N-methyl/N-ethyl adjacent to an activating group) is 1. The van der Waals surface area contributed by atoms with Gasteiger partial charge in [-0.15, -0.1) is 11.3 Å². The van der Waals surface area contributed by atoms with Crippen LogP contribution < -0.4 is 10.9 Å². The third kappa shape index (κ3) is 5.14. The minimum Gasteiger partial charge on any atom is -0.325 e. The number of benzene rings is 2. The number of hydrogen-bond donors (Lipinski definition) is 2. The fourth-order valence-electron chi connectivity index (χ4n) is 3.13. The molecule has 0 aliphatic rings. The molecule has 31 heavy (non-hydrogen) atoms. The van der Waals surface area contributed by atoms with Crippen LogP contribution in [0.4, 0.5) is 5.69 Å². The van der Waals surface area contributed by atoms with Crippen LogP contribution in [0.15, 0.2) is 59.4 Å². The number of hydrogen-bond acceptors (Lipinski definition) is 5. The van der Waals surface area contributed by atoms with E-state index >= 15 is 0 Å². The number of carbonyl (C=O) groups excluding carboxylic acids is 1. The SMILES string of the molecule is CN(CC(=O)Nc1ccc(Cl)c(Cl)c1)Cc1nc2sc(-c3ccccc3)cc2c(=O)[nH]1. The van der Waals surface area contributed by atoms with E-state index in [1.54, 1.807) is 30.1 Å². The summed E-state index contributed by atoms with van der Waals surface area (Å²) in [5.41, 5.74) is 1.42. The number of thiophene rings is 1. The number of H-pyrrole nitrogens is 1.